The molecule has 186 valence electrons. The lowest BCUT2D eigenvalue weighted by Crippen LogP contribution is -2.26. The van der Waals surface area contributed by atoms with Gasteiger partial charge in [-0.15, -0.1) is 0 Å². The number of ether oxygens (including phenoxy) is 1. The molecule has 0 aliphatic rings. The van der Waals surface area contributed by atoms with Crippen LogP contribution in [-0.2, 0) is 13.0 Å². The van der Waals surface area contributed by atoms with Gasteiger partial charge in [0.05, 0.1) is 12.0 Å². The van der Waals surface area contributed by atoms with Crippen molar-refractivity contribution in [3.63, 3.8) is 0 Å². The molecule has 0 saturated heterocycles. The number of thiazole rings is 1. The molecule has 0 saturated carbocycles. The van der Waals surface area contributed by atoms with Crippen LogP contribution in [-0.4, -0.2) is 35.1 Å². The quantitative estimate of drug-likeness (QED) is 0.288. The van der Waals surface area contributed by atoms with Crippen molar-refractivity contribution in [2.75, 3.05) is 14.2 Å². The Morgan fingerprint density at radius 3 is 2.41 bits per heavy atom. The molecule has 2 N–H and O–H groups in total. The Bertz CT molecular complexity index is 1640. The molecular formula is C30H26N2O4S. The Hall–Kier alpha value is -4.36. The largest absolute Gasteiger partial charge is 0.497 e. The molecule has 5 rings (SSSR count). The van der Waals surface area contributed by atoms with Gasteiger partial charge < -0.3 is 14.7 Å². The third-order valence-corrected chi connectivity index (χ3v) is 7.21. The number of rotatable bonds is 7. The van der Waals surface area contributed by atoms with E-state index < -0.39 is 0 Å². The zero-order valence-corrected chi connectivity index (χ0v) is 21.3. The Labute approximate surface area is 218 Å². The lowest BCUT2D eigenvalue weighted by molar-refractivity contribution is 0.0785. The number of carbonyl (C=O) groups excluding carboxylic acids is 1. The van der Waals surface area contributed by atoms with Crippen molar-refractivity contribution in [2.24, 2.45) is 0 Å². The van der Waals surface area contributed by atoms with Crippen molar-refractivity contribution in [1.82, 2.24) is 9.88 Å². The van der Waals surface area contributed by atoms with Crippen molar-refractivity contribution < 1.29 is 14.6 Å². The highest BCUT2D eigenvalue weighted by atomic mass is 32.1. The first-order valence-electron chi connectivity index (χ1n) is 11.8. The fourth-order valence-corrected chi connectivity index (χ4v) is 5.13. The number of nitrogens with one attached hydrogen (secondary N) is 1. The fourth-order valence-electron chi connectivity index (χ4n) is 4.37. The summed E-state index contributed by atoms with van der Waals surface area (Å²) in [5.74, 6) is 0.689. The van der Waals surface area contributed by atoms with Crippen LogP contribution in [0, 0.1) is 0 Å². The van der Waals surface area contributed by atoms with E-state index in [2.05, 4.69) is 11.1 Å². The summed E-state index contributed by atoms with van der Waals surface area (Å²) >= 11 is 1.02. The van der Waals surface area contributed by atoms with E-state index >= 15 is 0 Å². The molecule has 0 bridgehead atoms. The zero-order valence-electron chi connectivity index (χ0n) is 20.5. The first kappa shape index (κ1) is 24.3. The summed E-state index contributed by atoms with van der Waals surface area (Å²) in [6.07, 6.45) is 0.491. The highest BCUT2D eigenvalue weighted by Crippen LogP contribution is 2.26. The summed E-state index contributed by atoms with van der Waals surface area (Å²) in [6, 6.07) is 27.7. The predicted molar refractivity (Wildman–Crippen MR) is 148 cm³/mol. The number of aromatic amines is 1. The second-order valence-corrected chi connectivity index (χ2v) is 10.0. The molecule has 0 spiro atoms. The first-order chi connectivity index (χ1) is 17.9. The molecule has 7 heteroatoms. The van der Waals surface area contributed by atoms with Crippen molar-refractivity contribution in [2.45, 2.75) is 13.0 Å². The van der Waals surface area contributed by atoms with E-state index in [0.717, 1.165) is 50.1 Å². The van der Waals surface area contributed by atoms with Crippen molar-refractivity contribution in [3.8, 4) is 22.8 Å². The van der Waals surface area contributed by atoms with Gasteiger partial charge >= 0.3 is 4.87 Å². The zero-order chi connectivity index (χ0) is 25.9. The van der Waals surface area contributed by atoms with Gasteiger partial charge in [-0.25, -0.2) is 0 Å². The highest BCUT2D eigenvalue weighted by molar-refractivity contribution is 7.09. The van der Waals surface area contributed by atoms with Crippen LogP contribution in [0.25, 0.3) is 21.9 Å². The monoisotopic (exact) mass is 510 g/mol. The fraction of sp³-hybridized carbons (Fsp3) is 0.133. The van der Waals surface area contributed by atoms with Crippen LogP contribution in [0.1, 0.15) is 26.4 Å². The average molecular weight is 511 g/mol. The molecule has 1 amide bonds. The maximum Gasteiger partial charge on any atom is 0.307 e. The summed E-state index contributed by atoms with van der Waals surface area (Å²) in [6.45, 7) is 0.483. The van der Waals surface area contributed by atoms with Crippen molar-refractivity contribution in [3.05, 3.63) is 116 Å². The number of hydrogen-bond acceptors (Lipinski definition) is 5. The van der Waals surface area contributed by atoms with Crippen LogP contribution in [0.4, 0.5) is 0 Å². The van der Waals surface area contributed by atoms with Gasteiger partial charge in [-0.05, 0) is 63.4 Å². The standard InChI is InChI=1S/C30H26N2O4S/c1-32(29(34)25-11-10-24-17-26(36-2)13-12-23(24)16-25)18-20-4-3-5-22(14-20)21-8-6-19(7-9-21)15-27-28(33)31-30(35)37-27/h3-14,16-17,33H,15,18H2,1-2H3,(H,31,35). The van der Waals surface area contributed by atoms with Crippen LogP contribution in [0.15, 0.2) is 89.7 Å². The van der Waals surface area contributed by atoms with Gasteiger partial charge in [0.2, 0.25) is 5.88 Å². The average Bonchev–Trinajstić information content (AvgIpc) is 3.24. The molecule has 0 aliphatic carbocycles. The number of H-pyrrole nitrogens is 1. The second kappa shape index (κ2) is 10.3. The number of aromatic hydroxyl groups is 1. The molecule has 1 aromatic heterocycles. The second-order valence-electron chi connectivity index (χ2n) is 8.95. The number of fused-ring (bicyclic) bond motifs is 1. The van der Waals surface area contributed by atoms with E-state index in [1.807, 2.05) is 85.9 Å². The van der Waals surface area contributed by atoms with E-state index in [9.17, 15) is 14.7 Å². The first-order valence-corrected chi connectivity index (χ1v) is 12.6. The Morgan fingerprint density at radius 2 is 1.68 bits per heavy atom. The molecule has 0 radical (unpaired) electrons. The van der Waals surface area contributed by atoms with E-state index in [1.165, 1.54) is 0 Å². The molecule has 0 fully saturated rings. The van der Waals surface area contributed by atoms with Crippen LogP contribution >= 0.6 is 11.3 Å². The minimum atomic E-state index is -0.259. The van der Waals surface area contributed by atoms with E-state index in [4.69, 9.17) is 4.74 Å². The van der Waals surface area contributed by atoms with E-state index in [1.54, 1.807) is 12.0 Å². The normalized spacial score (nSPS) is 11.0. The summed E-state index contributed by atoms with van der Waals surface area (Å²) in [5.41, 5.74) is 4.79. The lowest BCUT2D eigenvalue weighted by Gasteiger charge is -2.18. The number of nitrogens with zero attached hydrogens (tertiary/aromatic N) is 1. The lowest BCUT2D eigenvalue weighted by atomic mass is 10.0. The van der Waals surface area contributed by atoms with Gasteiger partial charge in [0.15, 0.2) is 0 Å². The predicted octanol–water partition coefficient (Wildman–Crippen LogP) is 5.83. The number of aromatic nitrogens is 1. The van der Waals surface area contributed by atoms with Crippen molar-refractivity contribution >= 4 is 28.0 Å². The maximum atomic E-state index is 13.1. The Morgan fingerprint density at radius 1 is 0.919 bits per heavy atom. The molecule has 0 atom stereocenters. The molecule has 4 aromatic carbocycles. The summed E-state index contributed by atoms with van der Waals surface area (Å²) < 4.78 is 5.29. The van der Waals surface area contributed by atoms with Gasteiger partial charge in [0, 0.05) is 25.6 Å². The van der Waals surface area contributed by atoms with E-state index in [0.29, 0.717) is 23.4 Å². The van der Waals surface area contributed by atoms with Crippen molar-refractivity contribution in [1.29, 1.82) is 0 Å². The van der Waals surface area contributed by atoms with Gasteiger partial charge in [-0.1, -0.05) is 65.9 Å². The Kier molecular flexibility index (Phi) is 6.79. The molecule has 6 nitrogen and oxygen atoms in total. The van der Waals surface area contributed by atoms with Gasteiger partial charge in [-0.3, -0.25) is 14.6 Å². The summed E-state index contributed by atoms with van der Waals surface area (Å²) in [7, 11) is 3.45. The maximum absolute atomic E-state index is 13.1. The number of benzene rings is 4. The number of carbonyl (C=O) groups is 1. The molecule has 1 heterocycles. The topological polar surface area (TPSA) is 82.6 Å². The van der Waals surface area contributed by atoms with Gasteiger partial charge in [0.25, 0.3) is 5.91 Å². The third-order valence-electron chi connectivity index (χ3n) is 6.34. The molecule has 5 aromatic rings. The molecule has 0 aliphatic heterocycles. The van der Waals surface area contributed by atoms with Crippen LogP contribution in [0.3, 0.4) is 0 Å². The summed E-state index contributed by atoms with van der Waals surface area (Å²) in [4.78, 5) is 29.1. The van der Waals surface area contributed by atoms with Crippen LogP contribution < -0.4 is 9.61 Å². The Balaban J connectivity index is 1.28. The van der Waals surface area contributed by atoms with Gasteiger partial charge in [-0.2, -0.15) is 0 Å². The molecular weight excluding hydrogens is 484 g/mol. The minimum Gasteiger partial charge on any atom is -0.497 e. The van der Waals surface area contributed by atoms with Crippen LogP contribution in [0.5, 0.6) is 11.6 Å². The van der Waals surface area contributed by atoms with Crippen LogP contribution in [0.2, 0.25) is 0 Å². The number of hydrogen-bond donors (Lipinski definition) is 2. The summed E-state index contributed by atoms with van der Waals surface area (Å²) in [5, 5.41) is 11.8. The number of amides is 1. The highest BCUT2D eigenvalue weighted by Gasteiger charge is 2.14. The molecule has 37 heavy (non-hydrogen) atoms. The smallest absolute Gasteiger partial charge is 0.307 e. The SMILES string of the molecule is COc1ccc2cc(C(=O)N(C)Cc3cccc(-c4ccc(Cc5sc(=O)[nH]c5O)cc4)c3)ccc2c1. The van der Waals surface area contributed by atoms with E-state index in [-0.39, 0.29) is 16.7 Å². The third kappa shape index (κ3) is 5.42. The number of methoxy groups -OCH3 is 1. The molecule has 0 unspecified atom stereocenters. The van der Waals surface area contributed by atoms with Gasteiger partial charge in [0.1, 0.15) is 5.75 Å². The minimum absolute atomic E-state index is 0.0391.